The number of halogens is 1. The van der Waals surface area contributed by atoms with Crippen LogP contribution in [0.3, 0.4) is 0 Å². The predicted molar refractivity (Wildman–Crippen MR) is 94.3 cm³/mol. The lowest BCUT2D eigenvalue weighted by atomic mass is 10.0. The van der Waals surface area contributed by atoms with Gasteiger partial charge in [0, 0.05) is 23.5 Å². The normalized spacial score (nSPS) is 12.6. The molecule has 2 aromatic carbocycles. The first-order valence-corrected chi connectivity index (χ1v) is 7.53. The Balaban J connectivity index is 0.00000176. The number of rotatable bonds is 3. The van der Waals surface area contributed by atoms with Gasteiger partial charge in [-0.25, -0.2) is 0 Å². The van der Waals surface area contributed by atoms with Crippen LogP contribution in [0.15, 0.2) is 42.5 Å². The topological polar surface area (TPSA) is 41.1 Å². The van der Waals surface area contributed by atoms with Crippen molar-refractivity contribution in [1.29, 1.82) is 0 Å². The van der Waals surface area contributed by atoms with Crippen molar-refractivity contribution in [3.63, 3.8) is 0 Å². The molecule has 0 spiro atoms. The second kappa shape index (κ2) is 7.32. The van der Waals surface area contributed by atoms with Gasteiger partial charge >= 0.3 is 0 Å². The number of anilines is 2. The Labute approximate surface area is 137 Å². The molecule has 0 aliphatic carbocycles. The van der Waals surface area contributed by atoms with Crippen molar-refractivity contribution in [3.05, 3.63) is 59.2 Å². The summed E-state index contributed by atoms with van der Waals surface area (Å²) in [7, 11) is 0. The molecule has 1 aliphatic rings. The largest absolute Gasteiger partial charge is 0.385 e. The van der Waals surface area contributed by atoms with E-state index in [9.17, 15) is 4.79 Å². The zero-order chi connectivity index (χ0) is 14.7. The van der Waals surface area contributed by atoms with Crippen molar-refractivity contribution in [3.8, 4) is 0 Å². The van der Waals surface area contributed by atoms with Gasteiger partial charge in [0.1, 0.15) is 0 Å². The van der Waals surface area contributed by atoms with Crippen molar-refractivity contribution in [1.82, 2.24) is 0 Å². The summed E-state index contributed by atoms with van der Waals surface area (Å²) in [5.41, 5.74) is 5.27. The van der Waals surface area contributed by atoms with Crippen LogP contribution in [0.25, 0.3) is 0 Å². The Bertz CT molecular complexity index is 653. The molecule has 22 heavy (non-hydrogen) atoms. The van der Waals surface area contributed by atoms with Crippen molar-refractivity contribution in [2.24, 2.45) is 0 Å². The van der Waals surface area contributed by atoms with Gasteiger partial charge in [-0.3, -0.25) is 4.79 Å². The maximum atomic E-state index is 12.3. The minimum Gasteiger partial charge on any atom is -0.385 e. The van der Waals surface area contributed by atoms with Gasteiger partial charge in [0.15, 0.2) is 0 Å². The molecule has 2 N–H and O–H groups in total. The minimum atomic E-state index is -0.0543. The first kappa shape index (κ1) is 16.4. The zero-order valence-electron chi connectivity index (χ0n) is 12.7. The Hall–Kier alpha value is -2.00. The van der Waals surface area contributed by atoms with E-state index in [1.54, 1.807) is 0 Å². The second-order valence-corrected chi connectivity index (χ2v) is 5.41. The lowest BCUT2D eigenvalue weighted by Crippen LogP contribution is -2.14. The lowest BCUT2D eigenvalue weighted by molar-refractivity contribution is 0.102. The summed E-state index contributed by atoms with van der Waals surface area (Å²) in [6, 6.07) is 13.8. The molecule has 0 bridgehead atoms. The highest BCUT2D eigenvalue weighted by atomic mass is 35.5. The van der Waals surface area contributed by atoms with E-state index < -0.39 is 0 Å². The summed E-state index contributed by atoms with van der Waals surface area (Å²) in [5.74, 6) is -0.0543. The van der Waals surface area contributed by atoms with Crippen LogP contribution in [0.2, 0.25) is 0 Å². The van der Waals surface area contributed by atoms with E-state index in [1.807, 2.05) is 36.4 Å². The van der Waals surface area contributed by atoms with E-state index in [4.69, 9.17) is 0 Å². The van der Waals surface area contributed by atoms with Gasteiger partial charge in [0.2, 0.25) is 0 Å². The zero-order valence-corrected chi connectivity index (χ0v) is 13.5. The molecule has 1 heterocycles. The second-order valence-electron chi connectivity index (χ2n) is 5.41. The Kier molecular flexibility index (Phi) is 5.45. The third kappa shape index (κ3) is 3.60. The molecule has 0 aromatic heterocycles. The molecule has 3 nitrogen and oxygen atoms in total. The van der Waals surface area contributed by atoms with Crippen LogP contribution in [0.1, 0.15) is 34.8 Å². The van der Waals surface area contributed by atoms with Crippen molar-refractivity contribution in [2.45, 2.75) is 26.2 Å². The van der Waals surface area contributed by atoms with Crippen LogP contribution in [-0.4, -0.2) is 12.5 Å². The van der Waals surface area contributed by atoms with E-state index in [0.717, 1.165) is 31.5 Å². The fraction of sp³-hybridized carbons (Fsp3) is 0.278. The monoisotopic (exact) mass is 316 g/mol. The molecular weight excluding hydrogens is 296 g/mol. The van der Waals surface area contributed by atoms with Gasteiger partial charge in [-0.05, 0) is 60.7 Å². The van der Waals surface area contributed by atoms with E-state index in [-0.39, 0.29) is 18.3 Å². The van der Waals surface area contributed by atoms with E-state index in [2.05, 4.69) is 23.6 Å². The Morgan fingerprint density at radius 2 is 1.95 bits per heavy atom. The fourth-order valence-corrected chi connectivity index (χ4v) is 2.65. The molecule has 1 aliphatic heterocycles. The highest BCUT2D eigenvalue weighted by molar-refractivity contribution is 6.04. The number of amides is 1. The third-order valence-corrected chi connectivity index (χ3v) is 3.93. The quantitative estimate of drug-likeness (QED) is 0.887. The molecule has 0 radical (unpaired) electrons. The van der Waals surface area contributed by atoms with Crippen LogP contribution in [0.5, 0.6) is 0 Å². The number of hydrogen-bond donors (Lipinski definition) is 2. The minimum absolute atomic E-state index is 0. The van der Waals surface area contributed by atoms with Crippen LogP contribution in [0, 0.1) is 0 Å². The fourth-order valence-electron chi connectivity index (χ4n) is 2.65. The van der Waals surface area contributed by atoms with Crippen LogP contribution < -0.4 is 10.6 Å². The smallest absolute Gasteiger partial charge is 0.255 e. The molecule has 0 saturated carbocycles. The number of carbonyl (C=O) groups is 1. The number of benzene rings is 2. The molecule has 3 rings (SSSR count). The summed E-state index contributed by atoms with van der Waals surface area (Å²) >= 11 is 0. The van der Waals surface area contributed by atoms with Gasteiger partial charge in [0.25, 0.3) is 5.91 Å². The molecule has 0 atom stereocenters. The van der Waals surface area contributed by atoms with Crippen LogP contribution in [-0.2, 0) is 12.8 Å². The van der Waals surface area contributed by atoms with Gasteiger partial charge < -0.3 is 10.6 Å². The predicted octanol–water partition coefficient (Wildman–Crippen LogP) is 4.28. The molecule has 0 unspecified atom stereocenters. The molecule has 1 amide bonds. The molecule has 0 saturated heterocycles. The molecular formula is C18H21ClN2O. The van der Waals surface area contributed by atoms with Gasteiger partial charge in [-0.2, -0.15) is 0 Å². The van der Waals surface area contributed by atoms with Crippen molar-refractivity contribution < 1.29 is 4.79 Å². The Morgan fingerprint density at radius 1 is 1.18 bits per heavy atom. The number of nitrogens with one attached hydrogen (secondary N) is 2. The van der Waals surface area contributed by atoms with E-state index in [1.165, 1.54) is 16.8 Å². The number of hydrogen-bond acceptors (Lipinski definition) is 2. The molecule has 0 fully saturated rings. The number of fused-ring (bicyclic) bond motifs is 1. The van der Waals surface area contributed by atoms with E-state index >= 15 is 0 Å². The Morgan fingerprint density at radius 3 is 2.68 bits per heavy atom. The molecule has 116 valence electrons. The van der Waals surface area contributed by atoms with Crippen molar-refractivity contribution in [2.75, 3.05) is 17.2 Å². The summed E-state index contributed by atoms with van der Waals surface area (Å²) < 4.78 is 0. The summed E-state index contributed by atoms with van der Waals surface area (Å²) in [6.45, 7) is 3.14. The SMILES string of the molecule is CCc1ccc(C(=O)Nc2ccc3c(c2)CCCN3)cc1.Cl. The average Bonchev–Trinajstić information content (AvgIpc) is 2.55. The summed E-state index contributed by atoms with van der Waals surface area (Å²) in [4.78, 5) is 12.3. The van der Waals surface area contributed by atoms with Gasteiger partial charge in [-0.15, -0.1) is 12.4 Å². The van der Waals surface area contributed by atoms with Gasteiger partial charge in [0.05, 0.1) is 0 Å². The summed E-state index contributed by atoms with van der Waals surface area (Å²) in [5, 5.41) is 6.35. The van der Waals surface area contributed by atoms with E-state index in [0.29, 0.717) is 5.56 Å². The van der Waals surface area contributed by atoms with Crippen LogP contribution in [0.4, 0.5) is 11.4 Å². The average molecular weight is 317 g/mol. The first-order valence-electron chi connectivity index (χ1n) is 7.53. The highest BCUT2D eigenvalue weighted by Crippen LogP contribution is 2.25. The molecule has 4 heteroatoms. The lowest BCUT2D eigenvalue weighted by Gasteiger charge is -2.18. The molecule has 2 aromatic rings. The number of carbonyl (C=O) groups excluding carboxylic acids is 1. The maximum Gasteiger partial charge on any atom is 0.255 e. The van der Waals surface area contributed by atoms with Crippen molar-refractivity contribution >= 4 is 29.7 Å². The number of aryl methyl sites for hydroxylation is 2. The van der Waals surface area contributed by atoms with Crippen LogP contribution >= 0.6 is 12.4 Å². The maximum absolute atomic E-state index is 12.3. The highest BCUT2D eigenvalue weighted by Gasteiger charge is 2.11. The standard InChI is InChI=1S/C18H20N2O.ClH/c1-2-13-5-7-14(8-6-13)18(21)20-16-9-10-17-15(12-16)4-3-11-19-17;/h5-10,12,19H,2-4,11H2,1H3,(H,20,21);1H. The first-order chi connectivity index (χ1) is 10.3. The third-order valence-electron chi connectivity index (χ3n) is 3.93. The van der Waals surface area contributed by atoms with Gasteiger partial charge in [-0.1, -0.05) is 19.1 Å². The summed E-state index contributed by atoms with van der Waals surface area (Å²) in [6.07, 6.45) is 3.19.